The normalized spacial score (nSPS) is 10.4. The summed E-state index contributed by atoms with van der Waals surface area (Å²) in [6.07, 6.45) is 0. The molecule has 3 aromatic carbocycles. The molecule has 20 heavy (non-hydrogen) atoms. The lowest BCUT2D eigenvalue weighted by molar-refractivity contribution is 0.102. The summed E-state index contributed by atoms with van der Waals surface area (Å²) >= 11 is 2.23. The highest BCUT2D eigenvalue weighted by molar-refractivity contribution is 14.1. The van der Waals surface area contributed by atoms with Crippen LogP contribution in [-0.2, 0) is 0 Å². The Kier molecular flexibility index (Phi) is 3.69. The highest BCUT2D eigenvalue weighted by atomic mass is 127. The zero-order valence-electron chi connectivity index (χ0n) is 10.6. The van der Waals surface area contributed by atoms with Crippen molar-refractivity contribution in [2.45, 2.75) is 0 Å². The van der Waals surface area contributed by atoms with Crippen LogP contribution < -0.4 is 5.32 Å². The maximum absolute atomic E-state index is 12.4. The number of halogens is 1. The highest BCUT2D eigenvalue weighted by Gasteiger charge is 2.09. The number of anilines is 1. The SMILES string of the molecule is O=C(Nc1cccc(I)c1)c1cccc2ccccc12. The second kappa shape index (κ2) is 5.63. The van der Waals surface area contributed by atoms with Crippen molar-refractivity contribution >= 4 is 45.0 Å². The third-order valence-corrected chi connectivity index (χ3v) is 3.79. The number of hydrogen-bond donors (Lipinski definition) is 1. The molecule has 0 spiro atoms. The third-order valence-electron chi connectivity index (χ3n) is 3.12. The number of carbonyl (C=O) groups is 1. The van der Waals surface area contributed by atoms with Crippen LogP contribution in [0.1, 0.15) is 10.4 Å². The molecule has 0 fully saturated rings. The minimum Gasteiger partial charge on any atom is -0.322 e. The predicted octanol–water partition coefficient (Wildman–Crippen LogP) is 4.70. The first kappa shape index (κ1) is 13.1. The van der Waals surface area contributed by atoms with Gasteiger partial charge in [0.2, 0.25) is 0 Å². The Morgan fingerprint density at radius 1 is 0.900 bits per heavy atom. The molecule has 0 atom stereocenters. The number of carbonyl (C=O) groups excluding carboxylic acids is 1. The van der Waals surface area contributed by atoms with Gasteiger partial charge in [0.25, 0.3) is 5.91 Å². The molecular formula is C17H12INO. The van der Waals surface area contributed by atoms with Gasteiger partial charge in [-0.25, -0.2) is 0 Å². The van der Waals surface area contributed by atoms with E-state index in [1.807, 2.05) is 66.7 Å². The van der Waals surface area contributed by atoms with Gasteiger partial charge in [-0.15, -0.1) is 0 Å². The van der Waals surface area contributed by atoms with Crippen LogP contribution in [-0.4, -0.2) is 5.91 Å². The smallest absolute Gasteiger partial charge is 0.256 e. The number of benzene rings is 3. The minimum absolute atomic E-state index is 0.0798. The van der Waals surface area contributed by atoms with Crippen molar-refractivity contribution in [2.75, 3.05) is 5.32 Å². The molecule has 0 bridgehead atoms. The molecule has 0 aliphatic heterocycles. The topological polar surface area (TPSA) is 29.1 Å². The Balaban J connectivity index is 1.97. The summed E-state index contributed by atoms with van der Waals surface area (Å²) in [5.74, 6) is -0.0798. The largest absolute Gasteiger partial charge is 0.322 e. The molecule has 98 valence electrons. The third kappa shape index (κ3) is 2.67. The van der Waals surface area contributed by atoms with Gasteiger partial charge in [0.15, 0.2) is 0 Å². The Hall–Kier alpha value is -1.88. The van der Waals surface area contributed by atoms with Crippen LogP contribution in [0.3, 0.4) is 0 Å². The van der Waals surface area contributed by atoms with Crippen LogP contribution >= 0.6 is 22.6 Å². The minimum atomic E-state index is -0.0798. The van der Waals surface area contributed by atoms with Crippen LogP contribution in [0.4, 0.5) is 5.69 Å². The van der Waals surface area contributed by atoms with E-state index in [4.69, 9.17) is 0 Å². The van der Waals surface area contributed by atoms with Gasteiger partial charge in [-0.05, 0) is 57.6 Å². The van der Waals surface area contributed by atoms with Crippen molar-refractivity contribution in [3.63, 3.8) is 0 Å². The molecule has 3 heteroatoms. The van der Waals surface area contributed by atoms with Gasteiger partial charge >= 0.3 is 0 Å². The van der Waals surface area contributed by atoms with Crippen molar-refractivity contribution in [1.82, 2.24) is 0 Å². The number of rotatable bonds is 2. The van der Waals surface area contributed by atoms with Crippen LogP contribution in [0.2, 0.25) is 0 Å². The van der Waals surface area contributed by atoms with Crippen molar-refractivity contribution in [3.05, 3.63) is 75.9 Å². The lowest BCUT2D eigenvalue weighted by atomic mass is 10.0. The van der Waals surface area contributed by atoms with Crippen LogP contribution in [0.15, 0.2) is 66.7 Å². The van der Waals surface area contributed by atoms with Gasteiger partial charge in [-0.3, -0.25) is 4.79 Å². The molecule has 0 saturated carbocycles. The molecule has 0 radical (unpaired) electrons. The van der Waals surface area contributed by atoms with Gasteiger partial charge in [0.05, 0.1) is 0 Å². The Labute approximate surface area is 131 Å². The fourth-order valence-corrected chi connectivity index (χ4v) is 2.73. The summed E-state index contributed by atoms with van der Waals surface area (Å²) in [5.41, 5.74) is 1.51. The summed E-state index contributed by atoms with van der Waals surface area (Å²) < 4.78 is 1.10. The lowest BCUT2D eigenvalue weighted by Gasteiger charge is -2.08. The quantitative estimate of drug-likeness (QED) is 0.649. The molecule has 0 aromatic heterocycles. The summed E-state index contributed by atoms with van der Waals surface area (Å²) in [6, 6.07) is 21.4. The van der Waals surface area contributed by atoms with Gasteiger partial charge in [0.1, 0.15) is 0 Å². The number of amides is 1. The molecule has 0 saturated heterocycles. The predicted molar refractivity (Wildman–Crippen MR) is 91.1 cm³/mol. The number of fused-ring (bicyclic) bond motifs is 1. The molecule has 0 aliphatic rings. The summed E-state index contributed by atoms with van der Waals surface area (Å²) in [4.78, 5) is 12.4. The van der Waals surface area contributed by atoms with Gasteiger partial charge < -0.3 is 5.32 Å². The molecule has 1 amide bonds. The Morgan fingerprint density at radius 3 is 2.50 bits per heavy atom. The molecular weight excluding hydrogens is 361 g/mol. The Morgan fingerprint density at radius 2 is 1.65 bits per heavy atom. The molecule has 0 aliphatic carbocycles. The van der Waals surface area contributed by atoms with Crippen molar-refractivity contribution in [1.29, 1.82) is 0 Å². The van der Waals surface area contributed by atoms with E-state index >= 15 is 0 Å². The molecule has 0 unspecified atom stereocenters. The van der Waals surface area contributed by atoms with E-state index in [-0.39, 0.29) is 5.91 Å². The van der Waals surface area contributed by atoms with Crippen molar-refractivity contribution in [2.24, 2.45) is 0 Å². The lowest BCUT2D eigenvalue weighted by Crippen LogP contribution is -2.12. The molecule has 0 heterocycles. The fourth-order valence-electron chi connectivity index (χ4n) is 2.19. The zero-order valence-corrected chi connectivity index (χ0v) is 12.8. The van der Waals surface area contributed by atoms with Gasteiger partial charge in [-0.1, -0.05) is 42.5 Å². The summed E-state index contributed by atoms with van der Waals surface area (Å²) in [6.45, 7) is 0. The second-order valence-corrected chi connectivity index (χ2v) is 5.74. The molecule has 3 rings (SSSR count). The fraction of sp³-hybridized carbons (Fsp3) is 0. The maximum Gasteiger partial charge on any atom is 0.256 e. The number of nitrogens with one attached hydrogen (secondary N) is 1. The van der Waals surface area contributed by atoms with Gasteiger partial charge in [-0.2, -0.15) is 0 Å². The van der Waals surface area contributed by atoms with E-state index in [1.165, 1.54) is 0 Å². The summed E-state index contributed by atoms with van der Waals surface area (Å²) in [5, 5.41) is 4.99. The Bertz CT molecular complexity index is 777. The first-order chi connectivity index (χ1) is 9.74. The average molecular weight is 373 g/mol. The van der Waals surface area contributed by atoms with Crippen molar-refractivity contribution in [3.8, 4) is 0 Å². The first-order valence-corrected chi connectivity index (χ1v) is 7.36. The molecule has 2 nitrogen and oxygen atoms in total. The van der Waals surface area contributed by atoms with Gasteiger partial charge in [0, 0.05) is 14.8 Å². The standard InChI is InChI=1S/C17H12INO/c18-13-7-4-8-14(11-13)19-17(20)16-10-3-6-12-5-1-2-9-15(12)16/h1-11H,(H,19,20). The van der Waals surface area contributed by atoms with E-state index in [2.05, 4.69) is 27.9 Å². The first-order valence-electron chi connectivity index (χ1n) is 6.29. The van der Waals surface area contributed by atoms with E-state index < -0.39 is 0 Å². The van der Waals surface area contributed by atoms with Crippen LogP contribution in [0.5, 0.6) is 0 Å². The second-order valence-electron chi connectivity index (χ2n) is 4.49. The average Bonchev–Trinajstić information content (AvgIpc) is 2.46. The molecule has 1 N–H and O–H groups in total. The monoisotopic (exact) mass is 373 g/mol. The zero-order chi connectivity index (χ0) is 13.9. The highest BCUT2D eigenvalue weighted by Crippen LogP contribution is 2.20. The van der Waals surface area contributed by atoms with Crippen LogP contribution in [0, 0.1) is 3.57 Å². The van der Waals surface area contributed by atoms with Crippen LogP contribution in [0.25, 0.3) is 10.8 Å². The van der Waals surface area contributed by atoms with Crippen molar-refractivity contribution < 1.29 is 4.79 Å². The van der Waals surface area contributed by atoms with E-state index in [9.17, 15) is 4.79 Å². The van der Waals surface area contributed by atoms with E-state index in [1.54, 1.807) is 0 Å². The number of hydrogen-bond acceptors (Lipinski definition) is 1. The van der Waals surface area contributed by atoms with E-state index in [0.29, 0.717) is 5.56 Å². The van der Waals surface area contributed by atoms with E-state index in [0.717, 1.165) is 20.0 Å². The molecule has 3 aromatic rings. The maximum atomic E-state index is 12.4. The summed E-state index contributed by atoms with van der Waals surface area (Å²) in [7, 11) is 0.